The van der Waals surface area contributed by atoms with Crippen molar-refractivity contribution in [2.24, 2.45) is 0 Å². The number of amides is 1. The zero-order valence-corrected chi connectivity index (χ0v) is 9.17. The molecular formula is C8H12ClNO5. The summed E-state index contributed by atoms with van der Waals surface area (Å²) in [7, 11) is 1.10. The third-order valence-corrected chi connectivity index (χ3v) is 1.50. The minimum absolute atomic E-state index is 0.0343. The molecule has 0 aromatic carbocycles. The van der Waals surface area contributed by atoms with Crippen molar-refractivity contribution in [3.63, 3.8) is 0 Å². The zero-order valence-electron chi connectivity index (χ0n) is 8.41. The standard InChI is InChI=1S/C8H12ClNO5/c1-5(11)10-6(7(12)14-2)8(13)15-4-3-9/h6H,3-4H2,1-2H3,(H,10,11). The maximum Gasteiger partial charge on any atom is 0.340 e. The van der Waals surface area contributed by atoms with Gasteiger partial charge in [0.2, 0.25) is 11.9 Å². The van der Waals surface area contributed by atoms with Gasteiger partial charge in [0.05, 0.1) is 13.0 Å². The Hall–Kier alpha value is -1.30. The van der Waals surface area contributed by atoms with E-state index in [9.17, 15) is 14.4 Å². The smallest absolute Gasteiger partial charge is 0.340 e. The highest BCUT2D eigenvalue weighted by Crippen LogP contribution is 1.94. The highest BCUT2D eigenvalue weighted by atomic mass is 35.5. The van der Waals surface area contributed by atoms with E-state index in [0.717, 1.165) is 7.11 Å². The number of nitrogens with one attached hydrogen (secondary N) is 1. The SMILES string of the molecule is COC(=O)C(NC(C)=O)C(=O)OCCCl. The zero-order chi connectivity index (χ0) is 11.8. The van der Waals surface area contributed by atoms with E-state index < -0.39 is 23.9 Å². The van der Waals surface area contributed by atoms with Crippen LogP contribution in [0.4, 0.5) is 0 Å². The summed E-state index contributed by atoms with van der Waals surface area (Å²) in [5, 5.41) is 2.11. The predicted octanol–water partition coefficient (Wildman–Crippen LogP) is -0.554. The van der Waals surface area contributed by atoms with Crippen molar-refractivity contribution in [2.75, 3.05) is 19.6 Å². The van der Waals surface area contributed by atoms with Crippen LogP contribution in [-0.4, -0.2) is 43.5 Å². The van der Waals surface area contributed by atoms with E-state index in [-0.39, 0.29) is 12.5 Å². The van der Waals surface area contributed by atoms with Crippen molar-refractivity contribution in [3.8, 4) is 0 Å². The minimum atomic E-state index is -1.43. The van der Waals surface area contributed by atoms with E-state index in [4.69, 9.17) is 11.6 Å². The van der Waals surface area contributed by atoms with Crippen molar-refractivity contribution in [2.45, 2.75) is 13.0 Å². The van der Waals surface area contributed by atoms with Gasteiger partial charge in [-0.2, -0.15) is 0 Å². The Morgan fingerprint density at radius 2 is 1.93 bits per heavy atom. The van der Waals surface area contributed by atoms with E-state index >= 15 is 0 Å². The summed E-state index contributed by atoms with van der Waals surface area (Å²) in [4.78, 5) is 33.0. The molecule has 0 aliphatic rings. The highest BCUT2D eigenvalue weighted by molar-refractivity contribution is 6.18. The Morgan fingerprint density at radius 1 is 1.33 bits per heavy atom. The van der Waals surface area contributed by atoms with Crippen LogP contribution in [-0.2, 0) is 23.9 Å². The largest absolute Gasteiger partial charge is 0.467 e. The maximum atomic E-state index is 11.2. The molecule has 7 heteroatoms. The van der Waals surface area contributed by atoms with Crippen LogP contribution in [0.3, 0.4) is 0 Å². The molecule has 0 heterocycles. The molecule has 0 aromatic heterocycles. The first-order chi connectivity index (χ1) is 7.02. The minimum Gasteiger partial charge on any atom is -0.467 e. The molecule has 0 fully saturated rings. The number of rotatable bonds is 5. The highest BCUT2D eigenvalue weighted by Gasteiger charge is 2.29. The van der Waals surface area contributed by atoms with Gasteiger partial charge < -0.3 is 14.8 Å². The average molecular weight is 238 g/mol. The van der Waals surface area contributed by atoms with Crippen molar-refractivity contribution >= 4 is 29.4 Å². The number of methoxy groups -OCH3 is 1. The van der Waals surface area contributed by atoms with Gasteiger partial charge in [0.15, 0.2) is 0 Å². The van der Waals surface area contributed by atoms with Crippen LogP contribution in [0.2, 0.25) is 0 Å². The van der Waals surface area contributed by atoms with Gasteiger partial charge in [0.25, 0.3) is 0 Å². The number of hydrogen-bond acceptors (Lipinski definition) is 5. The molecule has 0 bridgehead atoms. The van der Waals surface area contributed by atoms with Crippen LogP contribution in [0.1, 0.15) is 6.92 Å². The average Bonchev–Trinajstić information content (AvgIpc) is 2.21. The van der Waals surface area contributed by atoms with Gasteiger partial charge in [-0.3, -0.25) is 4.79 Å². The number of hydrogen-bond donors (Lipinski definition) is 1. The molecule has 0 aromatic rings. The molecule has 0 aliphatic carbocycles. The second-order valence-corrected chi connectivity index (χ2v) is 2.89. The van der Waals surface area contributed by atoms with Crippen LogP contribution in [0, 0.1) is 0 Å². The molecule has 0 saturated heterocycles. The van der Waals surface area contributed by atoms with Gasteiger partial charge in [-0.15, -0.1) is 11.6 Å². The van der Waals surface area contributed by atoms with Gasteiger partial charge >= 0.3 is 11.9 Å². The molecule has 0 aliphatic heterocycles. The van der Waals surface area contributed by atoms with E-state index in [1.807, 2.05) is 0 Å². The van der Waals surface area contributed by atoms with Crippen LogP contribution in [0.25, 0.3) is 0 Å². The molecule has 6 nitrogen and oxygen atoms in total. The summed E-state index contributed by atoms with van der Waals surface area (Å²) in [5.74, 6) is -2.20. The molecule has 86 valence electrons. The van der Waals surface area contributed by atoms with Crippen molar-refractivity contribution in [3.05, 3.63) is 0 Å². The molecule has 15 heavy (non-hydrogen) atoms. The summed E-state index contributed by atoms with van der Waals surface area (Å²) >= 11 is 5.29. The van der Waals surface area contributed by atoms with Crippen molar-refractivity contribution in [1.82, 2.24) is 5.32 Å². The molecule has 0 spiro atoms. The fraction of sp³-hybridized carbons (Fsp3) is 0.625. The number of carbonyl (C=O) groups excluding carboxylic acids is 3. The molecule has 0 rings (SSSR count). The monoisotopic (exact) mass is 237 g/mol. The lowest BCUT2D eigenvalue weighted by atomic mass is 10.3. The lowest BCUT2D eigenvalue weighted by molar-refractivity contribution is -0.158. The molecular weight excluding hydrogens is 226 g/mol. The summed E-state index contributed by atoms with van der Waals surface area (Å²) in [6.07, 6.45) is 0. The van der Waals surface area contributed by atoms with E-state index in [0.29, 0.717) is 0 Å². The van der Waals surface area contributed by atoms with Crippen molar-refractivity contribution < 1.29 is 23.9 Å². The Bertz CT molecular complexity index is 255. The van der Waals surface area contributed by atoms with E-state index in [1.165, 1.54) is 6.92 Å². The lowest BCUT2D eigenvalue weighted by Gasteiger charge is -2.13. The second-order valence-electron chi connectivity index (χ2n) is 2.51. The molecule has 1 amide bonds. The third kappa shape index (κ3) is 5.21. The first kappa shape index (κ1) is 13.7. The first-order valence-corrected chi connectivity index (χ1v) is 4.64. The summed E-state index contributed by atoms with van der Waals surface area (Å²) < 4.78 is 8.92. The van der Waals surface area contributed by atoms with Crippen molar-refractivity contribution in [1.29, 1.82) is 0 Å². The number of alkyl halides is 1. The molecule has 0 radical (unpaired) electrons. The fourth-order valence-electron chi connectivity index (χ4n) is 0.758. The Labute approximate surface area is 91.9 Å². The Balaban J connectivity index is 4.40. The third-order valence-electron chi connectivity index (χ3n) is 1.34. The van der Waals surface area contributed by atoms with Gasteiger partial charge in [-0.05, 0) is 0 Å². The molecule has 1 atom stereocenters. The topological polar surface area (TPSA) is 81.7 Å². The number of carbonyl (C=O) groups is 3. The second kappa shape index (κ2) is 7.05. The fourth-order valence-corrected chi connectivity index (χ4v) is 0.835. The number of ether oxygens (including phenoxy) is 2. The van der Waals surface area contributed by atoms with Gasteiger partial charge in [0.1, 0.15) is 6.61 Å². The normalized spacial score (nSPS) is 11.4. The van der Waals surface area contributed by atoms with E-state index in [1.54, 1.807) is 0 Å². The van der Waals surface area contributed by atoms with Crippen LogP contribution >= 0.6 is 11.6 Å². The van der Waals surface area contributed by atoms with Gasteiger partial charge in [0, 0.05) is 6.92 Å². The first-order valence-electron chi connectivity index (χ1n) is 4.10. The van der Waals surface area contributed by atoms with Crippen LogP contribution in [0.5, 0.6) is 0 Å². The van der Waals surface area contributed by atoms with Crippen LogP contribution in [0.15, 0.2) is 0 Å². The maximum absolute atomic E-state index is 11.2. The predicted molar refractivity (Wildman–Crippen MR) is 51.3 cm³/mol. The lowest BCUT2D eigenvalue weighted by Crippen LogP contribution is -2.47. The molecule has 0 saturated carbocycles. The summed E-state index contributed by atoms with van der Waals surface area (Å²) in [6, 6.07) is -1.43. The molecule has 1 unspecified atom stereocenters. The molecule has 1 N–H and O–H groups in total. The summed E-state index contributed by atoms with van der Waals surface area (Å²) in [6.45, 7) is 1.14. The van der Waals surface area contributed by atoms with Gasteiger partial charge in [-0.25, -0.2) is 9.59 Å². The quantitative estimate of drug-likeness (QED) is 0.394. The van der Waals surface area contributed by atoms with E-state index in [2.05, 4.69) is 14.8 Å². The van der Waals surface area contributed by atoms with Gasteiger partial charge in [-0.1, -0.05) is 0 Å². The Kier molecular flexibility index (Phi) is 6.44. The number of halogens is 1. The van der Waals surface area contributed by atoms with Crippen LogP contribution < -0.4 is 5.32 Å². The Morgan fingerprint density at radius 3 is 2.33 bits per heavy atom. The summed E-state index contributed by atoms with van der Waals surface area (Å²) in [5.41, 5.74) is 0. The number of esters is 2.